The van der Waals surface area contributed by atoms with Gasteiger partial charge in [0.05, 0.1) is 19.1 Å². The Labute approximate surface area is 193 Å². The largest absolute Gasteiger partial charge is 0.493 e. The van der Waals surface area contributed by atoms with Crippen LogP contribution in [-0.4, -0.2) is 35.1 Å². The van der Waals surface area contributed by atoms with Gasteiger partial charge in [-0.05, 0) is 41.8 Å². The SMILES string of the molecule is COc1cc(C(=O)NCCc2ccc(S(N)(=O)=O)cc2)cc(OC)c1OCc1ccccc1. The molecule has 0 aliphatic rings. The van der Waals surface area contributed by atoms with Gasteiger partial charge in [0.2, 0.25) is 15.8 Å². The van der Waals surface area contributed by atoms with E-state index in [-0.39, 0.29) is 10.8 Å². The fraction of sp³-hybridized carbons (Fsp3) is 0.208. The van der Waals surface area contributed by atoms with Gasteiger partial charge >= 0.3 is 0 Å². The van der Waals surface area contributed by atoms with Crippen LogP contribution in [-0.2, 0) is 23.1 Å². The van der Waals surface area contributed by atoms with Gasteiger partial charge in [0, 0.05) is 12.1 Å². The Hall–Kier alpha value is -3.56. The highest BCUT2D eigenvalue weighted by molar-refractivity contribution is 7.89. The molecule has 33 heavy (non-hydrogen) atoms. The van der Waals surface area contributed by atoms with Crippen molar-refractivity contribution in [3.8, 4) is 17.2 Å². The topological polar surface area (TPSA) is 117 Å². The van der Waals surface area contributed by atoms with Crippen LogP contribution in [0.5, 0.6) is 17.2 Å². The first-order chi connectivity index (χ1) is 15.8. The van der Waals surface area contributed by atoms with Gasteiger partial charge in [0.1, 0.15) is 6.61 Å². The third-order valence-electron chi connectivity index (χ3n) is 4.90. The molecule has 0 unspecified atom stereocenters. The molecule has 0 aromatic heterocycles. The van der Waals surface area contributed by atoms with Crippen molar-refractivity contribution in [2.75, 3.05) is 20.8 Å². The molecule has 3 aromatic carbocycles. The van der Waals surface area contributed by atoms with Crippen molar-refractivity contribution >= 4 is 15.9 Å². The lowest BCUT2D eigenvalue weighted by Crippen LogP contribution is -2.25. The molecule has 3 aromatic rings. The van der Waals surface area contributed by atoms with Crippen LogP contribution in [0.1, 0.15) is 21.5 Å². The van der Waals surface area contributed by atoms with E-state index in [2.05, 4.69) is 5.32 Å². The summed E-state index contributed by atoms with van der Waals surface area (Å²) < 4.78 is 39.5. The molecular formula is C24H26N2O6S. The van der Waals surface area contributed by atoms with Gasteiger partial charge in [-0.3, -0.25) is 4.79 Å². The van der Waals surface area contributed by atoms with E-state index in [1.807, 2.05) is 30.3 Å². The van der Waals surface area contributed by atoms with Crippen molar-refractivity contribution in [3.63, 3.8) is 0 Å². The highest BCUT2D eigenvalue weighted by Gasteiger charge is 2.18. The number of ether oxygens (including phenoxy) is 3. The van der Waals surface area contributed by atoms with E-state index >= 15 is 0 Å². The second-order valence-corrected chi connectivity index (χ2v) is 8.74. The van der Waals surface area contributed by atoms with Crippen LogP contribution in [0.3, 0.4) is 0 Å². The molecule has 0 heterocycles. The molecular weight excluding hydrogens is 444 g/mol. The smallest absolute Gasteiger partial charge is 0.251 e. The van der Waals surface area contributed by atoms with Crippen LogP contribution in [0.4, 0.5) is 0 Å². The van der Waals surface area contributed by atoms with Crippen molar-refractivity contribution in [2.24, 2.45) is 5.14 Å². The molecule has 0 atom stereocenters. The van der Waals surface area contributed by atoms with E-state index in [9.17, 15) is 13.2 Å². The van der Waals surface area contributed by atoms with Crippen molar-refractivity contribution in [2.45, 2.75) is 17.9 Å². The van der Waals surface area contributed by atoms with Gasteiger partial charge in [-0.25, -0.2) is 13.6 Å². The number of nitrogens with two attached hydrogens (primary N) is 1. The van der Waals surface area contributed by atoms with Gasteiger partial charge in [-0.15, -0.1) is 0 Å². The summed E-state index contributed by atoms with van der Waals surface area (Å²) >= 11 is 0. The molecule has 0 aliphatic carbocycles. The van der Waals surface area contributed by atoms with E-state index in [0.29, 0.717) is 42.4 Å². The fourth-order valence-corrected chi connectivity index (χ4v) is 3.67. The third-order valence-corrected chi connectivity index (χ3v) is 5.83. The van der Waals surface area contributed by atoms with E-state index in [1.165, 1.54) is 26.4 Å². The molecule has 3 rings (SSSR count). The Kier molecular flexibility index (Phi) is 7.92. The Balaban J connectivity index is 1.66. The van der Waals surface area contributed by atoms with E-state index < -0.39 is 10.0 Å². The van der Waals surface area contributed by atoms with E-state index in [0.717, 1.165) is 11.1 Å². The molecule has 0 saturated heterocycles. The van der Waals surface area contributed by atoms with Crippen LogP contribution in [0.25, 0.3) is 0 Å². The molecule has 8 nitrogen and oxygen atoms in total. The van der Waals surface area contributed by atoms with Gasteiger partial charge < -0.3 is 19.5 Å². The molecule has 3 N–H and O–H groups in total. The minimum Gasteiger partial charge on any atom is -0.493 e. The van der Waals surface area contributed by atoms with Crippen molar-refractivity contribution in [3.05, 3.63) is 83.4 Å². The predicted octanol–water partition coefficient (Wildman–Crippen LogP) is 2.90. The number of methoxy groups -OCH3 is 2. The van der Waals surface area contributed by atoms with Crippen LogP contribution in [0, 0.1) is 0 Å². The zero-order valence-corrected chi connectivity index (χ0v) is 19.2. The molecule has 1 amide bonds. The monoisotopic (exact) mass is 470 g/mol. The maximum absolute atomic E-state index is 12.7. The predicted molar refractivity (Wildman–Crippen MR) is 124 cm³/mol. The molecule has 0 bridgehead atoms. The minimum absolute atomic E-state index is 0.0454. The number of benzene rings is 3. The van der Waals surface area contributed by atoms with Gasteiger partial charge in [0.25, 0.3) is 5.91 Å². The summed E-state index contributed by atoms with van der Waals surface area (Å²) in [5.41, 5.74) is 2.21. The molecule has 0 spiro atoms. The summed E-state index contributed by atoms with van der Waals surface area (Å²) in [5, 5.41) is 7.94. The lowest BCUT2D eigenvalue weighted by molar-refractivity contribution is 0.0953. The minimum atomic E-state index is -3.73. The molecule has 0 fully saturated rings. The summed E-state index contributed by atoms with van der Waals surface area (Å²) in [4.78, 5) is 12.7. The van der Waals surface area contributed by atoms with Crippen LogP contribution in [0.15, 0.2) is 71.6 Å². The van der Waals surface area contributed by atoms with Crippen molar-refractivity contribution in [1.29, 1.82) is 0 Å². The van der Waals surface area contributed by atoms with Crippen LogP contribution in [0.2, 0.25) is 0 Å². The Morgan fingerprint density at radius 1 is 0.909 bits per heavy atom. The van der Waals surface area contributed by atoms with E-state index in [4.69, 9.17) is 19.3 Å². The summed E-state index contributed by atoms with van der Waals surface area (Å²) in [5.74, 6) is 0.876. The van der Waals surface area contributed by atoms with E-state index in [1.54, 1.807) is 24.3 Å². The lowest BCUT2D eigenvalue weighted by Gasteiger charge is -2.16. The quantitative estimate of drug-likeness (QED) is 0.471. The number of rotatable bonds is 10. The number of hydrogen-bond donors (Lipinski definition) is 2. The maximum Gasteiger partial charge on any atom is 0.251 e. The van der Waals surface area contributed by atoms with Gasteiger partial charge in [-0.1, -0.05) is 42.5 Å². The zero-order chi connectivity index (χ0) is 23.8. The summed E-state index contributed by atoms with van der Waals surface area (Å²) in [6.45, 7) is 0.674. The number of amides is 1. The first-order valence-electron chi connectivity index (χ1n) is 10.1. The molecule has 0 aliphatic heterocycles. The first kappa shape index (κ1) is 24.1. The number of carbonyl (C=O) groups excluding carboxylic acids is 1. The van der Waals surface area contributed by atoms with Gasteiger partial charge in [-0.2, -0.15) is 0 Å². The van der Waals surface area contributed by atoms with Gasteiger partial charge in [0.15, 0.2) is 11.5 Å². The number of sulfonamides is 1. The first-order valence-corrected chi connectivity index (χ1v) is 11.7. The van der Waals surface area contributed by atoms with Crippen LogP contribution < -0.4 is 24.7 Å². The van der Waals surface area contributed by atoms with Crippen molar-refractivity contribution < 1.29 is 27.4 Å². The lowest BCUT2D eigenvalue weighted by atomic mass is 10.1. The Morgan fingerprint density at radius 3 is 2.06 bits per heavy atom. The van der Waals surface area contributed by atoms with Crippen molar-refractivity contribution in [1.82, 2.24) is 5.32 Å². The summed E-state index contributed by atoms with van der Waals surface area (Å²) in [6.07, 6.45) is 0.517. The fourth-order valence-electron chi connectivity index (χ4n) is 3.15. The maximum atomic E-state index is 12.7. The summed E-state index contributed by atoms with van der Waals surface area (Å²) in [7, 11) is -0.736. The summed E-state index contributed by atoms with van der Waals surface area (Å²) in [6, 6.07) is 19.1. The second kappa shape index (κ2) is 10.8. The third kappa shape index (κ3) is 6.47. The number of nitrogens with one attached hydrogen (secondary N) is 1. The average Bonchev–Trinajstić information content (AvgIpc) is 2.82. The average molecular weight is 471 g/mol. The zero-order valence-electron chi connectivity index (χ0n) is 18.4. The number of hydrogen-bond acceptors (Lipinski definition) is 6. The molecule has 0 saturated carbocycles. The van der Waals surface area contributed by atoms with Crippen LogP contribution >= 0.6 is 0 Å². The Bertz CT molecular complexity index is 1170. The molecule has 0 radical (unpaired) electrons. The normalized spacial score (nSPS) is 11.0. The molecule has 174 valence electrons. The Morgan fingerprint density at radius 2 is 1.52 bits per heavy atom. The number of carbonyl (C=O) groups is 1. The molecule has 9 heteroatoms. The highest BCUT2D eigenvalue weighted by atomic mass is 32.2. The number of primary sulfonamides is 1. The standard InChI is InChI=1S/C24H26N2O6S/c1-30-21-14-19(15-22(31-2)23(21)32-16-18-6-4-3-5-7-18)24(27)26-13-12-17-8-10-20(11-9-17)33(25,28)29/h3-11,14-15H,12-13,16H2,1-2H3,(H,26,27)(H2,25,28,29). The highest BCUT2D eigenvalue weighted by Crippen LogP contribution is 2.39. The second-order valence-electron chi connectivity index (χ2n) is 7.18.